The van der Waals surface area contributed by atoms with Crippen molar-refractivity contribution in [1.29, 1.82) is 0 Å². The van der Waals surface area contributed by atoms with E-state index in [0.717, 1.165) is 27.8 Å². The number of benzene rings is 1. The van der Waals surface area contributed by atoms with Gasteiger partial charge in [0.1, 0.15) is 0 Å². The number of aryl methyl sites for hydroxylation is 1. The Morgan fingerprint density at radius 1 is 1.25 bits per heavy atom. The molecule has 1 aromatic heterocycles. The average Bonchev–Trinajstić information content (AvgIpc) is 2.55. The minimum absolute atomic E-state index is 0.114. The molecule has 5 nitrogen and oxygen atoms in total. The average molecular weight is 391 g/mol. The van der Waals surface area contributed by atoms with E-state index in [4.69, 9.17) is 0 Å². The molecule has 0 aliphatic heterocycles. The monoisotopic (exact) mass is 390 g/mol. The molecule has 2 aromatic rings. The largest absolute Gasteiger partial charge is 0.322 e. The topological polar surface area (TPSA) is 48.5 Å². The Labute approximate surface area is 151 Å². The number of urea groups is 1. The number of pyridine rings is 1. The van der Waals surface area contributed by atoms with Gasteiger partial charge >= 0.3 is 6.03 Å². The van der Waals surface area contributed by atoms with E-state index in [1.54, 1.807) is 17.3 Å². The van der Waals surface area contributed by atoms with Gasteiger partial charge in [0, 0.05) is 42.2 Å². The molecule has 1 aromatic carbocycles. The highest BCUT2D eigenvalue weighted by Crippen LogP contribution is 2.21. The van der Waals surface area contributed by atoms with Crippen LogP contribution in [0, 0.1) is 6.92 Å². The number of aromatic nitrogens is 1. The first-order valence-corrected chi connectivity index (χ1v) is 8.60. The Balaban J connectivity index is 2.09. The highest BCUT2D eigenvalue weighted by molar-refractivity contribution is 9.10. The number of hydrogen-bond acceptors (Lipinski definition) is 3. The van der Waals surface area contributed by atoms with Crippen molar-refractivity contribution in [3.8, 4) is 0 Å². The number of anilines is 1. The van der Waals surface area contributed by atoms with Crippen LogP contribution >= 0.6 is 15.9 Å². The van der Waals surface area contributed by atoms with Crippen LogP contribution in [0.15, 0.2) is 47.2 Å². The molecule has 128 valence electrons. The first-order valence-electron chi connectivity index (χ1n) is 7.81. The summed E-state index contributed by atoms with van der Waals surface area (Å²) >= 11 is 3.50. The summed E-state index contributed by atoms with van der Waals surface area (Å²) in [5, 5.41) is 2.97. The standard InChI is InChI=1S/C18H23BrN4O/c1-14-6-7-16(11-17(14)19)21-18(24)23(10-9-22(2)3)13-15-5-4-8-20-12-15/h4-8,11-12H,9-10,13H2,1-3H3,(H,21,24). The van der Waals surface area contributed by atoms with Crippen LogP contribution in [-0.2, 0) is 6.54 Å². The van der Waals surface area contributed by atoms with Crippen LogP contribution in [0.4, 0.5) is 10.5 Å². The van der Waals surface area contributed by atoms with Gasteiger partial charge in [0.05, 0.1) is 0 Å². The van der Waals surface area contributed by atoms with E-state index in [1.807, 2.05) is 51.4 Å². The Morgan fingerprint density at radius 2 is 2.04 bits per heavy atom. The third-order valence-electron chi connectivity index (χ3n) is 3.62. The van der Waals surface area contributed by atoms with E-state index >= 15 is 0 Å². The van der Waals surface area contributed by atoms with Crippen LogP contribution in [0.25, 0.3) is 0 Å². The summed E-state index contributed by atoms with van der Waals surface area (Å²) in [5.74, 6) is 0. The molecule has 0 atom stereocenters. The predicted molar refractivity (Wildman–Crippen MR) is 101 cm³/mol. The van der Waals surface area contributed by atoms with Crippen LogP contribution in [0.5, 0.6) is 0 Å². The lowest BCUT2D eigenvalue weighted by atomic mass is 10.2. The molecule has 0 spiro atoms. The fraction of sp³-hybridized carbons (Fsp3) is 0.333. The molecular formula is C18H23BrN4O. The number of likely N-dealkylation sites (N-methyl/N-ethyl adjacent to an activating group) is 1. The lowest BCUT2D eigenvalue weighted by Crippen LogP contribution is -2.39. The second kappa shape index (κ2) is 8.80. The molecular weight excluding hydrogens is 368 g/mol. The fourth-order valence-corrected chi connectivity index (χ4v) is 2.54. The van der Waals surface area contributed by atoms with Gasteiger partial charge in [-0.05, 0) is 50.3 Å². The van der Waals surface area contributed by atoms with Gasteiger partial charge in [0.15, 0.2) is 0 Å². The predicted octanol–water partition coefficient (Wildman–Crippen LogP) is 3.75. The maximum atomic E-state index is 12.7. The minimum Gasteiger partial charge on any atom is -0.319 e. The van der Waals surface area contributed by atoms with Crippen LogP contribution in [-0.4, -0.2) is 48.0 Å². The molecule has 0 fully saturated rings. The molecule has 2 amide bonds. The van der Waals surface area contributed by atoms with Crippen molar-refractivity contribution in [1.82, 2.24) is 14.8 Å². The van der Waals surface area contributed by atoms with Crippen LogP contribution < -0.4 is 5.32 Å². The highest BCUT2D eigenvalue weighted by Gasteiger charge is 2.15. The quantitative estimate of drug-likeness (QED) is 0.816. The molecule has 0 saturated heterocycles. The van der Waals surface area contributed by atoms with E-state index in [-0.39, 0.29) is 6.03 Å². The molecule has 0 aliphatic carbocycles. The van der Waals surface area contributed by atoms with E-state index in [9.17, 15) is 4.79 Å². The van der Waals surface area contributed by atoms with E-state index in [0.29, 0.717) is 13.1 Å². The van der Waals surface area contributed by atoms with Crippen molar-refractivity contribution in [2.45, 2.75) is 13.5 Å². The summed E-state index contributed by atoms with van der Waals surface area (Å²) in [7, 11) is 3.99. The maximum absolute atomic E-state index is 12.7. The molecule has 24 heavy (non-hydrogen) atoms. The smallest absolute Gasteiger partial charge is 0.319 e. The molecule has 1 N–H and O–H groups in total. The zero-order valence-electron chi connectivity index (χ0n) is 14.3. The Hall–Kier alpha value is -1.92. The third kappa shape index (κ3) is 5.62. The lowest BCUT2D eigenvalue weighted by Gasteiger charge is -2.25. The number of nitrogens with zero attached hydrogens (tertiary/aromatic N) is 3. The van der Waals surface area contributed by atoms with Gasteiger partial charge in [-0.25, -0.2) is 4.79 Å². The van der Waals surface area contributed by atoms with E-state index in [2.05, 4.69) is 31.1 Å². The van der Waals surface area contributed by atoms with Gasteiger partial charge in [0.2, 0.25) is 0 Å². The molecule has 0 aliphatic rings. The van der Waals surface area contributed by atoms with Crippen LogP contribution in [0.3, 0.4) is 0 Å². The van der Waals surface area contributed by atoms with Gasteiger partial charge in [-0.15, -0.1) is 0 Å². The second-order valence-corrected chi connectivity index (χ2v) is 6.83. The van der Waals surface area contributed by atoms with Crippen LogP contribution in [0.1, 0.15) is 11.1 Å². The summed E-state index contributed by atoms with van der Waals surface area (Å²) < 4.78 is 0.979. The number of hydrogen-bond donors (Lipinski definition) is 1. The van der Waals surface area contributed by atoms with Crippen molar-refractivity contribution >= 4 is 27.6 Å². The lowest BCUT2D eigenvalue weighted by molar-refractivity contribution is 0.202. The second-order valence-electron chi connectivity index (χ2n) is 5.98. The molecule has 0 radical (unpaired) electrons. The van der Waals surface area contributed by atoms with Crippen molar-refractivity contribution < 1.29 is 4.79 Å². The summed E-state index contributed by atoms with van der Waals surface area (Å²) in [5.41, 5.74) is 2.92. The minimum atomic E-state index is -0.114. The van der Waals surface area contributed by atoms with E-state index < -0.39 is 0 Å². The summed E-state index contributed by atoms with van der Waals surface area (Å²) in [6.45, 7) is 3.98. The maximum Gasteiger partial charge on any atom is 0.322 e. The molecule has 0 unspecified atom stereocenters. The van der Waals surface area contributed by atoms with E-state index in [1.165, 1.54) is 0 Å². The Kier molecular flexibility index (Phi) is 6.75. The fourth-order valence-electron chi connectivity index (χ4n) is 2.16. The van der Waals surface area contributed by atoms with Crippen molar-refractivity contribution in [3.05, 3.63) is 58.3 Å². The normalized spacial score (nSPS) is 10.7. The van der Waals surface area contributed by atoms with Crippen LogP contribution in [0.2, 0.25) is 0 Å². The molecule has 1 heterocycles. The number of halogens is 1. The summed E-state index contributed by atoms with van der Waals surface area (Å²) in [6, 6.07) is 9.55. The first-order chi connectivity index (χ1) is 11.5. The Bertz CT molecular complexity index is 676. The third-order valence-corrected chi connectivity index (χ3v) is 4.48. The number of nitrogens with one attached hydrogen (secondary N) is 1. The van der Waals surface area contributed by atoms with Gasteiger partial charge in [0.25, 0.3) is 0 Å². The van der Waals surface area contributed by atoms with Gasteiger partial charge < -0.3 is 15.1 Å². The zero-order chi connectivity index (χ0) is 17.5. The summed E-state index contributed by atoms with van der Waals surface area (Å²) in [6.07, 6.45) is 3.52. The Morgan fingerprint density at radius 3 is 2.67 bits per heavy atom. The van der Waals surface area contributed by atoms with Gasteiger partial charge in [-0.3, -0.25) is 4.98 Å². The number of rotatable bonds is 6. The first kappa shape index (κ1) is 18.4. The number of carbonyl (C=O) groups excluding carboxylic acids is 1. The number of carbonyl (C=O) groups is 1. The SMILES string of the molecule is Cc1ccc(NC(=O)N(CCN(C)C)Cc2cccnc2)cc1Br. The zero-order valence-corrected chi connectivity index (χ0v) is 15.9. The number of amides is 2. The summed E-state index contributed by atoms with van der Waals surface area (Å²) in [4.78, 5) is 20.7. The van der Waals surface area contributed by atoms with Crippen molar-refractivity contribution in [2.24, 2.45) is 0 Å². The molecule has 0 bridgehead atoms. The molecule has 6 heteroatoms. The van der Waals surface area contributed by atoms with Gasteiger partial charge in [-0.2, -0.15) is 0 Å². The highest BCUT2D eigenvalue weighted by atomic mass is 79.9. The molecule has 0 saturated carbocycles. The molecule has 2 rings (SSSR count). The van der Waals surface area contributed by atoms with Crippen molar-refractivity contribution in [3.63, 3.8) is 0 Å². The van der Waals surface area contributed by atoms with Gasteiger partial charge in [-0.1, -0.05) is 28.1 Å². The van der Waals surface area contributed by atoms with Crippen molar-refractivity contribution in [2.75, 3.05) is 32.5 Å².